The van der Waals surface area contributed by atoms with Crippen molar-refractivity contribution >= 4 is 17.1 Å². The van der Waals surface area contributed by atoms with Crippen LogP contribution < -0.4 is 5.32 Å². The number of nitrogens with zero attached hydrogens (tertiary/aromatic N) is 3. The summed E-state index contributed by atoms with van der Waals surface area (Å²) in [5, 5.41) is 2.78. The molecule has 5 nitrogen and oxygen atoms in total. The average Bonchev–Trinajstić information content (AvgIpc) is 2.84. The van der Waals surface area contributed by atoms with Crippen molar-refractivity contribution in [3.63, 3.8) is 0 Å². The van der Waals surface area contributed by atoms with Gasteiger partial charge in [-0.05, 0) is 12.1 Å². The summed E-state index contributed by atoms with van der Waals surface area (Å²) in [6.45, 7) is 1.89. The Kier molecular flexibility index (Phi) is 3.95. The van der Waals surface area contributed by atoms with Crippen LogP contribution in [0.5, 0.6) is 0 Å². The van der Waals surface area contributed by atoms with Crippen molar-refractivity contribution in [2.24, 2.45) is 13.0 Å². The Morgan fingerprint density at radius 1 is 1.43 bits per heavy atom. The van der Waals surface area contributed by atoms with Crippen molar-refractivity contribution in [3.8, 4) is 0 Å². The minimum absolute atomic E-state index is 0.0708. The summed E-state index contributed by atoms with van der Waals surface area (Å²) in [6, 6.07) is 7.39. The van der Waals surface area contributed by atoms with Crippen LogP contribution in [0.15, 0.2) is 24.3 Å². The minimum Gasteiger partial charge on any atom is -0.331 e. The molecule has 0 bridgehead atoms. The van der Waals surface area contributed by atoms with Gasteiger partial charge < -0.3 is 14.8 Å². The van der Waals surface area contributed by atoms with E-state index in [4.69, 9.17) is 0 Å². The third-order valence-electron chi connectivity index (χ3n) is 4.49. The predicted octanol–water partition coefficient (Wildman–Crippen LogP) is 2.76. The molecule has 1 fully saturated rings. The maximum atomic E-state index is 13.5. The van der Waals surface area contributed by atoms with Gasteiger partial charge in [-0.1, -0.05) is 19.1 Å². The summed E-state index contributed by atoms with van der Waals surface area (Å²) < 4.78 is 28.9. The molecule has 0 radical (unpaired) electrons. The highest BCUT2D eigenvalue weighted by Crippen LogP contribution is 2.32. The number of carbonyl (C=O) groups is 1. The Morgan fingerprint density at radius 3 is 2.87 bits per heavy atom. The summed E-state index contributed by atoms with van der Waals surface area (Å²) >= 11 is 0. The standard InChI is InChI=1S/C16H20F2N4O/c1-11-10-22(8-7-16(11,17)18)15(23)19-9-14-20-12-5-3-4-6-13(12)21(14)2/h3-6,11H,7-10H2,1-2H3,(H,19,23). The number of benzene rings is 1. The number of halogens is 2. The second kappa shape index (κ2) is 5.79. The number of likely N-dealkylation sites (tertiary alicyclic amines) is 1. The molecular formula is C16H20F2N4O. The van der Waals surface area contributed by atoms with Gasteiger partial charge in [-0.15, -0.1) is 0 Å². The number of aryl methyl sites for hydroxylation is 1. The predicted molar refractivity (Wildman–Crippen MR) is 83.3 cm³/mol. The molecule has 2 aromatic rings. The molecular weight excluding hydrogens is 302 g/mol. The lowest BCUT2D eigenvalue weighted by Crippen LogP contribution is -2.51. The number of urea groups is 1. The largest absolute Gasteiger partial charge is 0.331 e. The fourth-order valence-corrected chi connectivity index (χ4v) is 2.89. The van der Waals surface area contributed by atoms with Crippen molar-refractivity contribution in [2.75, 3.05) is 13.1 Å². The molecule has 1 saturated heterocycles. The zero-order valence-electron chi connectivity index (χ0n) is 13.2. The molecule has 2 heterocycles. The maximum Gasteiger partial charge on any atom is 0.317 e. The van der Waals surface area contributed by atoms with E-state index in [0.717, 1.165) is 16.9 Å². The first-order valence-corrected chi connectivity index (χ1v) is 7.69. The van der Waals surface area contributed by atoms with Crippen molar-refractivity contribution in [2.45, 2.75) is 25.8 Å². The van der Waals surface area contributed by atoms with E-state index in [2.05, 4.69) is 10.3 Å². The first-order chi connectivity index (χ1) is 10.9. The van der Waals surface area contributed by atoms with E-state index in [9.17, 15) is 13.6 Å². The van der Waals surface area contributed by atoms with Crippen LogP contribution in [0.4, 0.5) is 13.6 Å². The van der Waals surface area contributed by atoms with Crippen LogP contribution in [-0.2, 0) is 13.6 Å². The molecule has 2 amide bonds. The normalized spacial score (nSPS) is 20.7. The molecule has 1 aliphatic heterocycles. The van der Waals surface area contributed by atoms with Crippen LogP contribution in [0, 0.1) is 5.92 Å². The smallest absolute Gasteiger partial charge is 0.317 e. The highest BCUT2D eigenvalue weighted by molar-refractivity contribution is 5.76. The van der Waals surface area contributed by atoms with Gasteiger partial charge in [0.05, 0.1) is 17.6 Å². The molecule has 0 spiro atoms. The van der Waals surface area contributed by atoms with Crippen molar-refractivity contribution in [1.82, 2.24) is 19.8 Å². The number of fused-ring (bicyclic) bond motifs is 1. The Balaban J connectivity index is 1.64. The highest BCUT2D eigenvalue weighted by Gasteiger charge is 2.42. The lowest BCUT2D eigenvalue weighted by Gasteiger charge is -2.36. The number of imidazole rings is 1. The zero-order chi connectivity index (χ0) is 16.6. The van der Waals surface area contributed by atoms with Gasteiger partial charge in [-0.2, -0.15) is 0 Å². The second-order valence-corrected chi connectivity index (χ2v) is 6.09. The number of aromatic nitrogens is 2. The highest BCUT2D eigenvalue weighted by atomic mass is 19.3. The van der Waals surface area contributed by atoms with E-state index in [1.54, 1.807) is 0 Å². The molecule has 0 saturated carbocycles. The number of hydrogen-bond donors (Lipinski definition) is 1. The van der Waals surface area contributed by atoms with Gasteiger partial charge in [0, 0.05) is 32.5 Å². The summed E-state index contributed by atoms with van der Waals surface area (Å²) in [4.78, 5) is 18.1. The average molecular weight is 322 g/mol. The van der Waals surface area contributed by atoms with Crippen LogP contribution in [0.2, 0.25) is 0 Å². The van der Waals surface area contributed by atoms with E-state index in [0.29, 0.717) is 0 Å². The first-order valence-electron chi connectivity index (χ1n) is 7.69. The number of carbonyl (C=O) groups excluding carboxylic acids is 1. The molecule has 1 N–H and O–H groups in total. The van der Waals surface area contributed by atoms with E-state index in [1.807, 2.05) is 35.9 Å². The third-order valence-corrected chi connectivity index (χ3v) is 4.49. The Hall–Kier alpha value is -2.18. The van der Waals surface area contributed by atoms with E-state index >= 15 is 0 Å². The van der Waals surface area contributed by atoms with E-state index in [1.165, 1.54) is 11.8 Å². The number of nitrogens with one attached hydrogen (secondary N) is 1. The zero-order valence-corrected chi connectivity index (χ0v) is 13.2. The number of rotatable bonds is 2. The Bertz CT molecular complexity index is 728. The van der Waals surface area contributed by atoms with Crippen LogP contribution in [0.25, 0.3) is 11.0 Å². The molecule has 7 heteroatoms. The van der Waals surface area contributed by atoms with Gasteiger partial charge >= 0.3 is 6.03 Å². The summed E-state index contributed by atoms with van der Waals surface area (Å²) in [7, 11) is 1.89. The van der Waals surface area contributed by atoms with Crippen LogP contribution in [0.1, 0.15) is 19.2 Å². The quantitative estimate of drug-likeness (QED) is 0.924. The van der Waals surface area contributed by atoms with Crippen molar-refractivity contribution < 1.29 is 13.6 Å². The van der Waals surface area contributed by atoms with Gasteiger partial charge in [0.15, 0.2) is 0 Å². The van der Waals surface area contributed by atoms with Crippen LogP contribution >= 0.6 is 0 Å². The molecule has 1 aromatic carbocycles. The molecule has 3 rings (SSSR count). The topological polar surface area (TPSA) is 50.2 Å². The molecule has 1 aliphatic rings. The lowest BCUT2D eigenvalue weighted by atomic mass is 9.96. The number of para-hydroxylation sites is 2. The summed E-state index contributed by atoms with van der Waals surface area (Å²) in [6.07, 6.45) is -0.284. The van der Waals surface area contributed by atoms with Crippen molar-refractivity contribution in [3.05, 3.63) is 30.1 Å². The van der Waals surface area contributed by atoms with Gasteiger partial charge in [0.2, 0.25) is 0 Å². The van der Waals surface area contributed by atoms with Gasteiger partial charge in [-0.3, -0.25) is 0 Å². The first kappa shape index (κ1) is 15.7. The van der Waals surface area contributed by atoms with E-state index in [-0.39, 0.29) is 32.1 Å². The molecule has 1 atom stereocenters. The fourth-order valence-electron chi connectivity index (χ4n) is 2.89. The Labute approximate surface area is 133 Å². The molecule has 124 valence electrons. The second-order valence-electron chi connectivity index (χ2n) is 6.09. The number of amides is 2. The monoisotopic (exact) mass is 322 g/mol. The molecule has 23 heavy (non-hydrogen) atoms. The van der Waals surface area contributed by atoms with Gasteiger partial charge in [-0.25, -0.2) is 18.6 Å². The Morgan fingerprint density at radius 2 is 2.17 bits per heavy atom. The minimum atomic E-state index is -2.69. The number of alkyl halides is 2. The van der Waals surface area contributed by atoms with E-state index < -0.39 is 11.8 Å². The molecule has 1 unspecified atom stereocenters. The molecule has 1 aromatic heterocycles. The number of piperidine rings is 1. The third kappa shape index (κ3) is 3.00. The molecule has 0 aliphatic carbocycles. The SMILES string of the molecule is CC1CN(C(=O)NCc2nc3ccccc3n2C)CCC1(F)F. The van der Waals surface area contributed by atoms with Crippen molar-refractivity contribution in [1.29, 1.82) is 0 Å². The maximum absolute atomic E-state index is 13.5. The van der Waals surface area contributed by atoms with Gasteiger partial charge in [0.1, 0.15) is 5.82 Å². The lowest BCUT2D eigenvalue weighted by molar-refractivity contribution is -0.0906. The summed E-state index contributed by atoms with van der Waals surface area (Å²) in [5.74, 6) is -2.78. The summed E-state index contributed by atoms with van der Waals surface area (Å²) in [5.41, 5.74) is 1.86. The van der Waals surface area contributed by atoms with Crippen LogP contribution in [0.3, 0.4) is 0 Å². The van der Waals surface area contributed by atoms with Crippen LogP contribution in [-0.4, -0.2) is 39.5 Å². The fraction of sp³-hybridized carbons (Fsp3) is 0.500. The number of hydrogen-bond acceptors (Lipinski definition) is 2. The van der Waals surface area contributed by atoms with Gasteiger partial charge in [0.25, 0.3) is 5.92 Å².